The Morgan fingerprint density at radius 2 is 1.77 bits per heavy atom. The molecule has 0 fully saturated rings. The van der Waals surface area contributed by atoms with E-state index in [0.717, 1.165) is 0 Å². The number of rotatable bonds is 5. The molecule has 0 aliphatic heterocycles. The van der Waals surface area contributed by atoms with Crippen LogP contribution in [0, 0.1) is 6.92 Å². The summed E-state index contributed by atoms with van der Waals surface area (Å²) in [5.74, 6) is -1.14. The molecule has 3 rings (SSSR count). The lowest BCUT2D eigenvalue weighted by atomic mass is 10.1. The van der Waals surface area contributed by atoms with Crippen LogP contribution in [0.4, 0.5) is 10.2 Å². The molecule has 3 aromatic rings. The van der Waals surface area contributed by atoms with Gasteiger partial charge in [0.15, 0.2) is 0 Å². The van der Waals surface area contributed by atoms with Gasteiger partial charge in [0.05, 0.1) is 28.5 Å². The SMILES string of the molecule is Cc1cc(NS(=O)(=O)c2ccc(-n3nccn3)cc2)ccc1C(=O)OF. The number of benzene rings is 2. The van der Waals surface area contributed by atoms with Crippen molar-refractivity contribution in [2.75, 3.05) is 4.72 Å². The van der Waals surface area contributed by atoms with Gasteiger partial charge in [-0.1, -0.05) is 0 Å². The topological polar surface area (TPSA) is 103 Å². The predicted octanol–water partition coefficient (Wildman–Crippen LogP) is 2.42. The minimum Gasteiger partial charge on any atom is -0.280 e. The lowest BCUT2D eigenvalue weighted by molar-refractivity contribution is -0.0788. The molecule has 10 heteroatoms. The fourth-order valence-corrected chi connectivity index (χ4v) is 3.37. The Labute approximate surface area is 148 Å². The summed E-state index contributed by atoms with van der Waals surface area (Å²) in [7, 11) is -3.84. The van der Waals surface area contributed by atoms with E-state index in [1.807, 2.05) is 0 Å². The Balaban J connectivity index is 1.83. The van der Waals surface area contributed by atoms with E-state index < -0.39 is 16.0 Å². The van der Waals surface area contributed by atoms with E-state index in [1.54, 1.807) is 12.1 Å². The first-order chi connectivity index (χ1) is 12.4. The van der Waals surface area contributed by atoms with Crippen LogP contribution in [-0.2, 0) is 15.0 Å². The molecule has 0 aliphatic rings. The second-order valence-electron chi connectivity index (χ2n) is 5.31. The van der Waals surface area contributed by atoms with Crippen molar-refractivity contribution < 1.29 is 22.7 Å². The smallest absolute Gasteiger partial charge is 0.280 e. The highest BCUT2D eigenvalue weighted by Crippen LogP contribution is 2.21. The number of carbonyl (C=O) groups is 1. The normalized spacial score (nSPS) is 11.2. The first-order valence-electron chi connectivity index (χ1n) is 7.34. The minimum absolute atomic E-state index is 0.00604. The second-order valence-corrected chi connectivity index (χ2v) is 6.99. The van der Waals surface area contributed by atoms with Crippen molar-refractivity contribution in [1.82, 2.24) is 15.0 Å². The lowest BCUT2D eigenvalue weighted by Crippen LogP contribution is -2.13. The molecule has 8 nitrogen and oxygen atoms in total. The quantitative estimate of drug-likeness (QED) is 0.733. The van der Waals surface area contributed by atoms with Crippen LogP contribution in [0.5, 0.6) is 0 Å². The predicted molar refractivity (Wildman–Crippen MR) is 89.9 cm³/mol. The molecule has 134 valence electrons. The molecule has 0 saturated carbocycles. The lowest BCUT2D eigenvalue weighted by Gasteiger charge is -2.10. The highest BCUT2D eigenvalue weighted by atomic mass is 32.2. The summed E-state index contributed by atoms with van der Waals surface area (Å²) in [6.07, 6.45) is 3.02. The summed E-state index contributed by atoms with van der Waals surface area (Å²) >= 11 is 0. The van der Waals surface area contributed by atoms with Crippen molar-refractivity contribution in [2.45, 2.75) is 11.8 Å². The number of aryl methyl sites for hydroxylation is 1. The summed E-state index contributed by atoms with van der Waals surface area (Å²) in [6.45, 7) is 1.54. The average molecular weight is 376 g/mol. The number of nitrogens with one attached hydrogen (secondary N) is 1. The fourth-order valence-electron chi connectivity index (χ4n) is 2.32. The largest absolute Gasteiger partial charge is 0.379 e. The van der Waals surface area contributed by atoms with Crippen molar-refractivity contribution in [2.24, 2.45) is 0 Å². The molecule has 0 aliphatic carbocycles. The minimum atomic E-state index is -3.84. The Hall–Kier alpha value is -3.27. The van der Waals surface area contributed by atoms with Crippen molar-refractivity contribution in [3.63, 3.8) is 0 Å². The van der Waals surface area contributed by atoms with Crippen molar-refractivity contribution in [3.8, 4) is 5.69 Å². The molecule has 0 radical (unpaired) electrons. The van der Waals surface area contributed by atoms with Crippen LogP contribution in [0.1, 0.15) is 15.9 Å². The Morgan fingerprint density at radius 1 is 1.12 bits per heavy atom. The van der Waals surface area contributed by atoms with E-state index in [-0.39, 0.29) is 16.1 Å². The zero-order valence-electron chi connectivity index (χ0n) is 13.5. The van der Waals surface area contributed by atoms with E-state index in [4.69, 9.17) is 0 Å². The number of hydrogen-bond donors (Lipinski definition) is 1. The third kappa shape index (κ3) is 3.54. The van der Waals surface area contributed by atoms with Gasteiger partial charge in [-0.2, -0.15) is 15.0 Å². The Morgan fingerprint density at radius 3 is 2.35 bits per heavy atom. The number of hydrogen-bond acceptors (Lipinski definition) is 6. The molecule has 0 unspecified atom stereocenters. The molecule has 26 heavy (non-hydrogen) atoms. The number of halogens is 1. The van der Waals surface area contributed by atoms with Gasteiger partial charge in [0.2, 0.25) is 0 Å². The maximum atomic E-state index is 12.5. The van der Waals surface area contributed by atoms with Crippen LogP contribution in [0.15, 0.2) is 59.8 Å². The summed E-state index contributed by atoms with van der Waals surface area (Å²) in [6, 6.07) is 10.0. The highest BCUT2D eigenvalue weighted by molar-refractivity contribution is 7.92. The number of anilines is 1. The fraction of sp³-hybridized carbons (Fsp3) is 0.0625. The summed E-state index contributed by atoms with van der Waals surface area (Å²) in [4.78, 5) is 15.8. The Kier molecular flexibility index (Phi) is 4.67. The van der Waals surface area contributed by atoms with Crippen LogP contribution in [0.25, 0.3) is 5.69 Å². The van der Waals surface area contributed by atoms with Crippen LogP contribution < -0.4 is 4.72 Å². The number of carbonyl (C=O) groups excluding carboxylic acids is 1. The number of aromatic nitrogens is 3. The van der Waals surface area contributed by atoms with Crippen LogP contribution in [0.2, 0.25) is 0 Å². The van der Waals surface area contributed by atoms with Crippen molar-refractivity contribution >= 4 is 21.7 Å². The van der Waals surface area contributed by atoms with Gasteiger partial charge in [-0.15, -0.1) is 0 Å². The highest BCUT2D eigenvalue weighted by Gasteiger charge is 2.17. The molecule has 0 saturated heterocycles. The third-order valence-electron chi connectivity index (χ3n) is 3.57. The van der Waals surface area contributed by atoms with Gasteiger partial charge in [-0.05, 0) is 55.0 Å². The zero-order chi connectivity index (χ0) is 18.7. The van der Waals surface area contributed by atoms with Gasteiger partial charge in [0.1, 0.15) is 0 Å². The van der Waals surface area contributed by atoms with Crippen LogP contribution >= 0.6 is 0 Å². The van der Waals surface area contributed by atoms with Gasteiger partial charge in [-0.3, -0.25) is 4.72 Å². The third-order valence-corrected chi connectivity index (χ3v) is 4.96. The maximum absolute atomic E-state index is 12.5. The molecule has 1 aromatic heterocycles. The molecule has 0 bridgehead atoms. The van der Waals surface area contributed by atoms with Crippen molar-refractivity contribution in [1.29, 1.82) is 0 Å². The van der Waals surface area contributed by atoms with Crippen molar-refractivity contribution in [3.05, 3.63) is 66.0 Å². The van der Waals surface area contributed by atoms with Gasteiger partial charge in [0, 0.05) is 10.2 Å². The van der Waals surface area contributed by atoms with E-state index in [1.165, 1.54) is 54.4 Å². The first-order valence-corrected chi connectivity index (χ1v) is 8.82. The van der Waals surface area contributed by atoms with Crippen LogP contribution in [-0.4, -0.2) is 29.4 Å². The van der Waals surface area contributed by atoms with E-state index in [0.29, 0.717) is 11.3 Å². The summed E-state index contributed by atoms with van der Waals surface area (Å²) in [5.41, 5.74) is 1.22. The van der Waals surface area contributed by atoms with E-state index in [2.05, 4.69) is 19.9 Å². The molecular formula is C16H13FN4O4S. The number of nitrogens with zero attached hydrogens (tertiary/aromatic N) is 3. The molecule has 2 aromatic carbocycles. The number of sulfonamides is 1. The standard InChI is InChI=1S/C16H13FN4O4S/c1-11-10-12(2-7-15(11)16(22)25-17)20-26(23,24)14-5-3-13(4-6-14)21-18-8-9-19-21/h2-10,20H,1H3. The van der Waals surface area contributed by atoms with Gasteiger partial charge in [0.25, 0.3) is 10.0 Å². The molecular weight excluding hydrogens is 363 g/mol. The van der Waals surface area contributed by atoms with Gasteiger partial charge in [-0.25, -0.2) is 18.2 Å². The first kappa shape index (κ1) is 17.5. The Bertz CT molecular complexity index is 1030. The monoisotopic (exact) mass is 376 g/mol. The van der Waals surface area contributed by atoms with E-state index in [9.17, 15) is 17.7 Å². The van der Waals surface area contributed by atoms with Gasteiger partial charge >= 0.3 is 5.97 Å². The molecule has 0 amide bonds. The zero-order valence-corrected chi connectivity index (χ0v) is 14.3. The van der Waals surface area contributed by atoms with E-state index >= 15 is 0 Å². The second kappa shape index (κ2) is 6.92. The summed E-state index contributed by atoms with van der Waals surface area (Å²) < 4.78 is 39.4. The molecule has 1 N–H and O–H groups in total. The molecule has 1 heterocycles. The molecule has 0 spiro atoms. The van der Waals surface area contributed by atoms with Gasteiger partial charge < -0.3 is 0 Å². The molecule has 0 atom stereocenters. The average Bonchev–Trinajstić information content (AvgIpc) is 3.16. The summed E-state index contributed by atoms with van der Waals surface area (Å²) in [5, 5.41) is 7.92. The maximum Gasteiger partial charge on any atom is 0.379 e. The van der Waals surface area contributed by atoms with Crippen LogP contribution in [0.3, 0.4) is 0 Å².